The van der Waals surface area contributed by atoms with Crippen LogP contribution in [0.5, 0.6) is 5.75 Å². The van der Waals surface area contributed by atoms with Gasteiger partial charge >= 0.3 is 0 Å². The van der Waals surface area contributed by atoms with Crippen LogP contribution in [-0.2, 0) is 9.84 Å². The first-order valence-electron chi connectivity index (χ1n) is 6.65. The molecule has 5 nitrogen and oxygen atoms in total. The normalized spacial score (nSPS) is 24.0. The van der Waals surface area contributed by atoms with E-state index < -0.39 is 9.84 Å². The average molecular weight is 298 g/mol. The minimum absolute atomic E-state index is 0.0726. The lowest BCUT2D eigenvalue weighted by Gasteiger charge is -2.23. The molecule has 1 fully saturated rings. The maximum atomic E-state index is 12.1. The van der Waals surface area contributed by atoms with Crippen molar-refractivity contribution in [2.45, 2.75) is 17.4 Å². The maximum absolute atomic E-state index is 12.1. The number of methoxy groups -OCH3 is 1. The first-order valence-corrected chi connectivity index (χ1v) is 8.55. The van der Waals surface area contributed by atoms with Gasteiger partial charge < -0.3 is 10.5 Å². The quantitative estimate of drug-likeness (QED) is 0.899. The van der Waals surface area contributed by atoms with Crippen molar-refractivity contribution >= 4 is 9.84 Å². The summed E-state index contributed by atoms with van der Waals surface area (Å²) in [6.45, 7) is 1.51. The number of nitrogens with zero attached hydrogens (tertiary/aromatic N) is 1. The second-order valence-corrected chi connectivity index (χ2v) is 7.40. The van der Waals surface area contributed by atoms with Crippen LogP contribution < -0.4 is 10.5 Å². The highest BCUT2D eigenvalue weighted by Gasteiger charge is 2.33. The first kappa shape index (κ1) is 15.3. The molecule has 2 atom stereocenters. The van der Waals surface area contributed by atoms with Crippen LogP contribution in [0.1, 0.15) is 18.0 Å². The predicted octanol–water partition coefficient (Wildman–Crippen LogP) is 1.05. The highest BCUT2D eigenvalue weighted by Crippen LogP contribution is 2.39. The van der Waals surface area contributed by atoms with Gasteiger partial charge in [-0.1, -0.05) is 12.1 Å². The second-order valence-electron chi connectivity index (χ2n) is 5.44. The smallest absolute Gasteiger partial charge is 0.179 e. The number of hydrogen-bond acceptors (Lipinski definition) is 5. The third-order valence-corrected chi connectivity index (χ3v) is 5.11. The Hall–Kier alpha value is -1.11. The Kier molecular flexibility index (Phi) is 4.36. The number of ether oxygens (including phenoxy) is 1. The minimum atomic E-state index is -3.34. The third-order valence-electron chi connectivity index (χ3n) is 3.93. The summed E-state index contributed by atoms with van der Waals surface area (Å²) in [6, 6.07) is 5.48. The van der Waals surface area contributed by atoms with E-state index in [-0.39, 0.29) is 6.04 Å². The van der Waals surface area contributed by atoms with Crippen molar-refractivity contribution in [3.63, 3.8) is 0 Å². The summed E-state index contributed by atoms with van der Waals surface area (Å²) in [5.74, 6) is 0.818. The van der Waals surface area contributed by atoms with Crippen LogP contribution in [0.4, 0.5) is 0 Å². The molecule has 0 aromatic heterocycles. The van der Waals surface area contributed by atoms with Crippen LogP contribution in [-0.4, -0.2) is 46.8 Å². The van der Waals surface area contributed by atoms with Crippen LogP contribution >= 0.6 is 0 Å². The monoisotopic (exact) mass is 298 g/mol. The molecule has 1 aliphatic heterocycles. The molecule has 1 aromatic rings. The number of rotatable bonds is 4. The van der Waals surface area contributed by atoms with Crippen molar-refractivity contribution in [2.24, 2.45) is 11.7 Å². The molecule has 0 amide bonds. The van der Waals surface area contributed by atoms with Gasteiger partial charge in [-0.05, 0) is 37.6 Å². The van der Waals surface area contributed by atoms with E-state index in [4.69, 9.17) is 10.5 Å². The molecule has 2 N–H and O–H groups in total. The molecule has 1 aromatic carbocycles. The fraction of sp³-hybridized carbons (Fsp3) is 0.571. The van der Waals surface area contributed by atoms with Gasteiger partial charge in [0, 0.05) is 18.8 Å². The maximum Gasteiger partial charge on any atom is 0.179 e. The lowest BCUT2D eigenvalue weighted by Crippen LogP contribution is -2.21. The van der Waals surface area contributed by atoms with Crippen LogP contribution in [0.25, 0.3) is 0 Å². The summed E-state index contributed by atoms with van der Waals surface area (Å²) < 4.78 is 29.5. The van der Waals surface area contributed by atoms with Gasteiger partial charge in [0.05, 0.1) is 7.11 Å². The summed E-state index contributed by atoms with van der Waals surface area (Å²) in [5.41, 5.74) is 6.56. The lowest BCUT2D eigenvalue weighted by molar-refractivity contribution is 0.307. The molecule has 1 aliphatic rings. The lowest BCUT2D eigenvalue weighted by atomic mass is 9.99. The number of sulfone groups is 1. The second kappa shape index (κ2) is 5.71. The largest absolute Gasteiger partial charge is 0.495 e. The van der Waals surface area contributed by atoms with E-state index in [2.05, 4.69) is 4.90 Å². The van der Waals surface area contributed by atoms with Gasteiger partial charge in [-0.3, -0.25) is 4.90 Å². The zero-order valence-electron chi connectivity index (χ0n) is 12.2. The van der Waals surface area contributed by atoms with Gasteiger partial charge in [-0.15, -0.1) is 0 Å². The highest BCUT2D eigenvalue weighted by atomic mass is 32.2. The predicted molar refractivity (Wildman–Crippen MR) is 78.6 cm³/mol. The molecular formula is C14H22N2O3S. The Morgan fingerprint density at radius 1 is 1.45 bits per heavy atom. The molecule has 0 saturated carbocycles. The molecule has 0 radical (unpaired) electrons. The van der Waals surface area contributed by atoms with Crippen molar-refractivity contribution in [1.29, 1.82) is 0 Å². The van der Waals surface area contributed by atoms with Gasteiger partial charge in [-0.25, -0.2) is 8.42 Å². The molecule has 1 saturated heterocycles. The number of likely N-dealkylation sites (tertiary alicyclic amines) is 1. The fourth-order valence-electron chi connectivity index (χ4n) is 2.99. The van der Waals surface area contributed by atoms with Crippen LogP contribution in [0.15, 0.2) is 23.1 Å². The summed E-state index contributed by atoms with van der Waals surface area (Å²) >= 11 is 0. The molecule has 1 heterocycles. The van der Waals surface area contributed by atoms with Crippen LogP contribution in [0, 0.1) is 5.92 Å². The first-order chi connectivity index (χ1) is 9.38. The summed E-state index contributed by atoms with van der Waals surface area (Å²) in [6.07, 6.45) is 2.10. The zero-order chi connectivity index (χ0) is 14.9. The minimum Gasteiger partial charge on any atom is -0.495 e. The topological polar surface area (TPSA) is 72.6 Å². The van der Waals surface area contributed by atoms with Crippen molar-refractivity contribution in [2.75, 3.05) is 33.5 Å². The van der Waals surface area contributed by atoms with Gasteiger partial charge in [0.1, 0.15) is 10.6 Å². The Morgan fingerprint density at radius 2 is 2.15 bits per heavy atom. The molecule has 2 rings (SSSR count). The Balaban J connectivity index is 2.52. The number of hydrogen-bond donors (Lipinski definition) is 1. The Morgan fingerprint density at radius 3 is 2.65 bits per heavy atom. The van der Waals surface area contributed by atoms with Crippen LogP contribution in [0.3, 0.4) is 0 Å². The van der Waals surface area contributed by atoms with E-state index in [9.17, 15) is 8.42 Å². The molecular weight excluding hydrogens is 276 g/mol. The third kappa shape index (κ3) is 2.82. The Bertz CT molecular complexity index is 586. The van der Waals surface area contributed by atoms with E-state index in [0.717, 1.165) is 18.5 Å². The number of nitrogens with two attached hydrogens (primary N) is 1. The van der Waals surface area contributed by atoms with E-state index in [1.807, 2.05) is 19.2 Å². The SMILES string of the molecule is COc1cccc(C2CC(CN)CN2C)c1S(C)(=O)=O. The molecule has 0 aliphatic carbocycles. The van der Waals surface area contributed by atoms with Gasteiger partial charge in [0.25, 0.3) is 0 Å². The average Bonchev–Trinajstić information content (AvgIpc) is 2.78. The molecule has 6 heteroatoms. The van der Waals surface area contributed by atoms with Crippen molar-refractivity contribution in [3.05, 3.63) is 23.8 Å². The van der Waals surface area contributed by atoms with E-state index in [1.54, 1.807) is 6.07 Å². The molecule has 112 valence electrons. The van der Waals surface area contributed by atoms with Crippen molar-refractivity contribution < 1.29 is 13.2 Å². The van der Waals surface area contributed by atoms with Crippen LogP contribution in [0.2, 0.25) is 0 Å². The van der Waals surface area contributed by atoms with E-state index in [1.165, 1.54) is 13.4 Å². The highest BCUT2D eigenvalue weighted by molar-refractivity contribution is 7.90. The summed E-state index contributed by atoms with van der Waals surface area (Å²) in [5, 5.41) is 0. The number of benzene rings is 1. The van der Waals surface area contributed by atoms with Gasteiger partial charge in [0.2, 0.25) is 0 Å². The summed E-state index contributed by atoms with van der Waals surface area (Å²) in [7, 11) is 0.156. The fourth-order valence-corrected chi connectivity index (χ4v) is 4.14. The summed E-state index contributed by atoms with van der Waals surface area (Å²) in [4.78, 5) is 2.47. The Labute approximate surface area is 120 Å². The van der Waals surface area contributed by atoms with Gasteiger partial charge in [-0.2, -0.15) is 0 Å². The molecule has 20 heavy (non-hydrogen) atoms. The van der Waals surface area contributed by atoms with Crippen molar-refractivity contribution in [3.8, 4) is 5.75 Å². The molecule has 2 unspecified atom stereocenters. The zero-order valence-corrected chi connectivity index (χ0v) is 13.0. The van der Waals surface area contributed by atoms with E-state index >= 15 is 0 Å². The standard InChI is InChI=1S/C14H22N2O3S/c1-16-9-10(8-15)7-12(16)11-5-4-6-13(19-2)14(11)20(3,17)18/h4-6,10,12H,7-9,15H2,1-3H3. The molecule has 0 spiro atoms. The van der Waals surface area contributed by atoms with E-state index in [0.29, 0.717) is 23.1 Å². The molecule has 0 bridgehead atoms. The van der Waals surface area contributed by atoms with Crippen molar-refractivity contribution in [1.82, 2.24) is 4.90 Å². The van der Waals surface area contributed by atoms with Gasteiger partial charge in [0.15, 0.2) is 9.84 Å².